The average Bonchev–Trinajstić information content (AvgIpc) is 3.28. The number of piperidine rings is 1. The summed E-state index contributed by atoms with van der Waals surface area (Å²) in [4.78, 5) is 27.1. The maximum atomic E-state index is 12.6. The van der Waals surface area contributed by atoms with Crippen molar-refractivity contribution in [2.75, 3.05) is 13.2 Å². The molecule has 6 nitrogen and oxygen atoms in total. The second-order valence-corrected chi connectivity index (χ2v) is 11.2. The minimum atomic E-state index is -0.472. The Morgan fingerprint density at radius 3 is 2.09 bits per heavy atom. The minimum absolute atomic E-state index is 0.0703. The van der Waals surface area contributed by atoms with Gasteiger partial charge in [-0.2, -0.15) is 0 Å². The Hall–Kier alpha value is -3.02. The van der Waals surface area contributed by atoms with Gasteiger partial charge in [-0.25, -0.2) is 9.59 Å². The summed E-state index contributed by atoms with van der Waals surface area (Å²) in [5, 5.41) is 2.95. The fraction of sp³-hybridized carbons (Fsp3) is 0.517. The van der Waals surface area contributed by atoms with Gasteiger partial charge in [-0.3, -0.25) is 0 Å². The molecule has 2 saturated heterocycles. The number of hydrogen-bond acceptors (Lipinski definition) is 4. The number of rotatable bonds is 5. The molecule has 5 rings (SSSR count). The molecule has 2 aliphatic heterocycles. The highest BCUT2D eigenvalue weighted by atomic mass is 16.6. The van der Waals surface area contributed by atoms with Crippen molar-refractivity contribution in [1.29, 1.82) is 0 Å². The van der Waals surface area contributed by atoms with Crippen LogP contribution >= 0.6 is 0 Å². The van der Waals surface area contributed by atoms with E-state index in [4.69, 9.17) is 9.47 Å². The van der Waals surface area contributed by atoms with E-state index in [-0.39, 0.29) is 30.2 Å². The van der Waals surface area contributed by atoms with Crippen LogP contribution < -0.4 is 5.32 Å². The summed E-state index contributed by atoms with van der Waals surface area (Å²) >= 11 is 0. The van der Waals surface area contributed by atoms with Gasteiger partial charge in [0.1, 0.15) is 12.2 Å². The van der Waals surface area contributed by atoms with Gasteiger partial charge in [0.05, 0.1) is 0 Å². The highest BCUT2D eigenvalue weighted by Crippen LogP contribution is 2.44. The molecule has 2 aromatic rings. The smallest absolute Gasteiger partial charge is 0.410 e. The summed E-state index contributed by atoms with van der Waals surface area (Å²) in [6.07, 6.45) is 4.39. The van der Waals surface area contributed by atoms with E-state index in [9.17, 15) is 9.59 Å². The van der Waals surface area contributed by atoms with Crippen LogP contribution in [0.5, 0.6) is 0 Å². The molecule has 2 atom stereocenters. The van der Waals surface area contributed by atoms with Crippen LogP contribution in [0.15, 0.2) is 48.5 Å². The first kappa shape index (κ1) is 23.7. The molecule has 35 heavy (non-hydrogen) atoms. The van der Waals surface area contributed by atoms with Gasteiger partial charge in [-0.05, 0) is 81.0 Å². The number of carbonyl (C=O) groups excluding carboxylic acids is 2. The topological polar surface area (TPSA) is 67.9 Å². The molecule has 0 aromatic heterocycles. The van der Waals surface area contributed by atoms with E-state index >= 15 is 0 Å². The molecule has 2 heterocycles. The number of hydrogen-bond donors (Lipinski definition) is 1. The maximum absolute atomic E-state index is 12.6. The molecule has 0 saturated carbocycles. The predicted octanol–water partition coefficient (Wildman–Crippen LogP) is 6.09. The first-order chi connectivity index (χ1) is 16.8. The van der Waals surface area contributed by atoms with Gasteiger partial charge in [0.15, 0.2) is 0 Å². The molecular weight excluding hydrogens is 440 g/mol. The Morgan fingerprint density at radius 2 is 1.51 bits per heavy atom. The Bertz CT molecular complexity index is 1030. The zero-order valence-corrected chi connectivity index (χ0v) is 21.0. The third-order valence-corrected chi connectivity index (χ3v) is 7.60. The second kappa shape index (κ2) is 9.56. The summed E-state index contributed by atoms with van der Waals surface area (Å²) in [6.45, 7) is 6.66. The summed E-state index contributed by atoms with van der Waals surface area (Å²) < 4.78 is 11.3. The lowest BCUT2D eigenvalue weighted by atomic mass is 9.88. The molecule has 0 spiro atoms. The van der Waals surface area contributed by atoms with Crippen molar-refractivity contribution < 1.29 is 19.1 Å². The van der Waals surface area contributed by atoms with Crippen LogP contribution in [-0.2, 0) is 9.47 Å². The Balaban J connectivity index is 1.09. The van der Waals surface area contributed by atoms with E-state index in [2.05, 4.69) is 41.7 Å². The van der Waals surface area contributed by atoms with Crippen LogP contribution in [0, 0.1) is 5.92 Å². The lowest BCUT2D eigenvalue weighted by molar-refractivity contribution is 0.00171. The van der Waals surface area contributed by atoms with E-state index in [0.29, 0.717) is 19.1 Å². The molecule has 1 aliphatic carbocycles. The summed E-state index contributed by atoms with van der Waals surface area (Å²) in [5.74, 6) is 0.570. The molecule has 6 heteroatoms. The lowest BCUT2D eigenvalue weighted by Gasteiger charge is -2.39. The quantitative estimate of drug-likeness (QED) is 0.567. The number of amides is 2. The van der Waals surface area contributed by atoms with Crippen molar-refractivity contribution in [3.63, 3.8) is 0 Å². The van der Waals surface area contributed by atoms with Crippen LogP contribution in [-0.4, -0.2) is 47.9 Å². The Kier molecular flexibility index (Phi) is 6.47. The summed E-state index contributed by atoms with van der Waals surface area (Å²) in [6, 6.07) is 17.2. The van der Waals surface area contributed by atoms with E-state index < -0.39 is 5.60 Å². The van der Waals surface area contributed by atoms with E-state index in [1.54, 1.807) is 0 Å². The average molecular weight is 477 g/mol. The lowest BCUT2D eigenvalue weighted by Crippen LogP contribution is -2.48. The van der Waals surface area contributed by atoms with Crippen molar-refractivity contribution >= 4 is 12.2 Å². The zero-order chi connectivity index (χ0) is 24.6. The van der Waals surface area contributed by atoms with Crippen molar-refractivity contribution in [2.45, 2.75) is 76.5 Å². The van der Waals surface area contributed by atoms with Crippen LogP contribution in [0.2, 0.25) is 0 Å². The summed E-state index contributed by atoms with van der Waals surface area (Å²) in [5.41, 5.74) is 4.41. The number of carbonyl (C=O) groups is 2. The number of nitrogens with one attached hydrogen (secondary N) is 1. The summed E-state index contributed by atoms with van der Waals surface area (Å²) in [7, 11) is 0. The molecule has 186 valence electrons. The second-order valence-electron chi connectivity index (χ2n) is 11.2. The molecule has 1 N–H and O–H groups in total. The van der Waals surface area contributed by atoms with E-state index in [1.165, 1.54) is 22.3 Å². The van der Waals surface area contributed by atoms with Gasteiger partial charge in [0.25, 0.3) is 0 Å². The standard InChI is InChI=1S/C29H36N2O4/c1-29(2,3)35-28(33)31-20-12-13-21(31)17-19(16-20)14-15-30-27(32)34-18-26-24-10-6-4-8-22(24)23-9-5-7-11-25(23)26/h4-11,19-21,26H,12-18H2,1-3H3,(H,30,32). The molecule has 0 radical (unpaired) electrons. The number of alkyl carbamates (subject to hydrolysis) is 1. The molecule has 2 fully saturated rings. The fourth-order valence-corrected chi connectivity index (χ4v) is 6.17. The monoisotopic (exact) mass is 476 g/mol. The van der Waals surface area contributed by atoms with Crippen molar-refractivity contribution in [3.05, 3.63) is 59.7 Å². The molecule has 2 bridgehead atoms. The van der Waals surface area contributed by atoms with Gasteiger partial charge >= 0.3 is 12.2 Å². The number of ether oxygens (including phenoxy) is 2. The van der Waals surface area contributed by atoms with Crippen LogP contribution in [0.4, 0.5) is 9.59 Å². The third-order valence-electron chi connectivity index (χ3n) is 7.60. The fourth-order valence-electron chi connectivity index (χ4n) is 6.17. The van der Waals surface area contributed by atoms with Gasteiger partial charge in [-0.1, -0.05) is 48.5 Å². The van der Waals surface area contributed by atoms with Crippen LogP contribution in [0.1, 0.15) is 69.9 Å². The maximum Gasteiger partial charge on any atom is 0.410 e. The molecule has 2 unspecified atom stereocenters. The molecule has 2 amide bonds. The number of benzene rings is 2. The third kappa shape index (κ3) is 5.02. The first-order valence-corrected chi connectivity index (χ1v) is 12.9. The SMILES string of the molecule is CC(C)(C)OC(=O)N1C2CCC1CC(CCNC(=O)OCC1c3ccccc3-c3ccccc31)C2. The Morgan fingerprint density at radius 1 is 0.943 bits per heavy atom. The van der Waals surface area contributed by atoms with Gasteiger partial charge in [0, 0.05) is 24.5 Å². The normalized spacial score (nSPS) is 22.9. The van der Waals surface area contributed by atoms with Gasteiger partial charge < -0.3 is 19.7 Å². The first-order valence-electron chi connectivity index (χ1n) is 12.9. The largest absolute Gasteiger partial charge is 0.449 e. The molecule has 2 aromatic carbocycles. The molecular formula is C29H36N2O4. The van der Waals surface area contributed by atoms with Crippen molar-refractivity contribution in [2.24, 2.45) is 5.92 Å². The van der Waals surface area contributed by atoms with Crippen LogP contribution in [0.25, 0.3) is 11.1 Å². The zero-order valence-electron chi connectivity index (χ0n) is 21.0. The van der Waals surface area contributed by atoms with Crippen LogP contribution in [0.3, 0.4) is 0 Å². The Labute approximate surface area is 208 Å². The van der Waals surface area contributed by atoms with Crippen molar-refractivity contribution in [1.82, 2.24) is 10.2 Å². The van der Waals surface area contributed by atoms with Gasteiger partial charge in [0.2, 0.25) is 0 Å². The highest BCUT2D eigenvalue weighted by Gasteiger charge is 2.44. The highest BCUT2D eigenvalue weighted by molar-refractivity contribution is 5.79. The predicted molar refractivity (Wildman–Crippen MR) is 135 cm³/mol. The van der Waals surface area contributed by atoms with E-state index in [1.807, 2.05) is 37.8 Å². The number of nitrogens with zero attached hydrogens (tertiary/aromatic N) is 1. The van der Waals surface area contributed by atoms with Crippen molar-refractivity contribution in [3.8, 4) is 11.1 Å². The van der Waals surface area contributed by atoms with Gasteiger partial charge in [-0.15, -0.1) is 0 Å². The van der Waals surface area contributed by atoms with E-state index in [0.717, 1.165) is 32.1 Å². The number of fused-ring (bicyclic) bond motifs is 5. The minimum Gasteiger partial charge on any atom is -0.449 e. The molecule has 3 aliphatic rings.